The average Bonchev–Trinajstić information content (AvgIpc) is 2.37. The minimum atomic E-state index is 0.912. The molecule has 0 aromatic carbocycles. The lowest BCUT2D eigenvalue weighted by Crippen LogP contribution is -2.21. The van der Waals surface area contributed by atoms with Crippen molar-refractivity contribution >= 4 is 15.9 Å². The Morgan fingerprint density at radius 2 is 2.42 bits per heavy atom. The smallest absolute Gasteiger partial charge is 0.122 e. The molecule has 0 aliphatic heterocycles. The van der Waals surface area contributed by atoms with Gasteiger partial charge in [0.1, 0.15) is 5.82 Å². The van der Waals surface area contributed by atoms with E-state index in [-0.39, 0.29) is 0 Å². The molecule has 3 nitrogen and oxygen atoms in total. The Labute approximate surface area is 81.5 Å². The molecule has 68 valence electrons. The molecule has 1 aromatic rings. The molecule has 0 unspecified atom stereocenters. The van der Waals surface area contributed by atoms with Crippen LogP contribution in [0.5, 0.6) is 0 Å². The Morgan fingerprint density at radius 3 is 2.92 bits per heavy atom. The van der Waals surface area contributed by atoms with Gasteiger partial charge in [-0.3, -0.25) is 4.90 Å². The Bertz CT molecular complexity index is 234. The molecule has 0 atom stereocenters. The Hall–Kier alpha value is -0.350. The number of aryl methyl sites for hydroxylation is 1. The highest BCUT2D eigenvalue weighted by molar-refractivity contribution is 9.09. The van der Waals surface area contributed by atoms with E-state index in [0.717, 1.165) is 24.2 Å². The molecule has 0 saturated heterocycles. The largest absolute Gasteiger partial charge is 0.337 e. The highest BCUT2D eigenvalue weighted by Gasteiger charge is 2.02. The van der Waals surface area contributed by atoms with Crippen LogP contribution >= 0.6 is 15.9 Å². The average molecular weight is 232 g/mol. The van der Waals surface area contributed by atoms with Crippen LogP contribution in [0.25, 0.3) is 0 Å². The van der Waals surface area contributed by atoms with Crippen LogP contribution in [0.2, 0.25) is 0 Å². The van der Waals surface area contributed by atoms with Crippen molar-refractivity contribution in [3.05, 3.63) is 18.2 Å². The summed E-state index contributed by atoms with van der Waals surface area (Å²) in [5.41, 5.74) is 0. The summed E-state index contributed by atoms with van der Waals surface area (Å²) >= 11 is 3.40. The quantitative estimate of drug-likeness (QED) is 0.728. The zero-order valence-corrected chi connectivity index (χ0v) is 9.08. The van der Waals surface area contributed by atoms with E-state index in [0.29, 0.717) is 0 Å². The molecule has 0 amide bonds. The summed E-state index contributed by atoms with van der Waals surface area (Å²) in [7, 11) is 4.11. The van der Waals surface area contributed by atoms with Crippen LogP contribution < -0.4 is 0 Å². The molecule has 0 spiro atoms. The first-order valence-electron chi connectivity index (χ1n) is 3.94. The monoisotopic (exact) mass is 231 g/mol. The number of hydrogen-bond acceptors (Lipinski definition) is 2. The summed E-state index contributed by atoms with van der Waals surface area (Å²) in [5.74, 6) is 1.11. The minimum absolute atomic E-state index is 0.912. The normalized spacial score (nSPS) is 11.0. The van der Waals surface area contributed by atoms with Crippen LogP contribution in [-0.2, 0) is 13.6 Å². The number of halogens is 1. The van der Waals surface area contributed by atoms with Crippen molar-refractivity contribution in [3.63, 3.8) is 0 Å². The fourth-order valence-corrected chi connectivity index (χ4v) is 1.62. The molecule has 0 bridgehead atoms. The summed E-state index contributed by atoms with van der Waals surface area (Å²) in [5, 5.41) is 1.01. The molecular formula is C8H14BrN3. The van der Waals surface area contributed by atoms with Crippen molar-refractivity contribution in [1.29, 1.82) is 0 Å². The minimum Gasteiger partial charge on any atom is -0.337 e. The second kappa shape index (κ2) is 4.62. The Balaban J connectivity index is 2.46. The first-order chi connectivity index (χ1) is 5.74. The fraction of sp³-hybridized carbons (Fsp3) is 0.625. The third kappa shape index (κ3) is 2.60. The highest BCUT2D eigenvalue weighted by atomic mass is 79.9. The van der Waals surface area contributed by atoms with E-state index in [9.17, 15) is 0 Å². The first-order valence-corrected chi connectivity index (χ1v) is 5.07. The first kappa shape index (κ1) is 9.74. The number of nitrogens with zero attached hydrogens (tertiary/aromatic N) is 3. The third-order valence-electron chi connectivity index (χ3n) is 1.80. The van der Waals surface area contributed by atoms with E-state index < -0.39 is 0 Å². The molecule has 0 radical (unpaired) electrons. The fourth-order valence-electron chi connectivity index (χ4n) is 1.01. The van der Waals surface area contributed by atoms with Gasteiger partial charge >= 0.3 is 0 Å². The molecule has 0 fully saturated rings. The van der Waals surface area contributed by atoms with Gasteiger partial charge in [0.2, 0.25) is 0 Å². The van der Waals surface area contributed by atoms with Crippen molar-refractivity contribution in [2.24, 2.45) is 7.05 Å². The van der Waals surface area contributed by atoms with Gasteiger partial charge in [-0.05, 0) is 7.05 Å². The maximum absolute atomic E-state index is 4.24. The van der Waals surface area contributed by atoms with Crippen molar-refractivity contribution in [1.82, 2.24) is 14.5 Å². The van der Waals surface area contributed by atoms with E-state index in [4.69, 9.17) is 0 Å². The van der Waals surface area contributed by atoms with Gasteiger partial charge in [0, 0.05) is 31.3 Å². The number of alkyl halides is 1. The summed E-state index contributed by atoms with van der Waals surface area (Å²) in [4.78, 5) is 6.48. The van der Waals surface area contributed by atoms with E-state index in [1.807, 2.05) is 24.0 Å². The van der Waals surface area contributed by atoms with Gasteiger partial charge in [0.15, 0.2) is 0 Å². The predicted octanol–water partition coefficient (Wildman–Crippen LogP) is 1.25. The van der Waals surface area contributed by atoms with Crippen molar-refractivity contribution < 1.29 is 0 Å². The second-order valence-electron chi connectivity index (χ2n) is 2.88. The number of aromatic nitrogens is 2. The van der Waals surface area contributed by atoms with Gasteiger partial charge in [-0.15, -0.1) is 0 Å². The van der Waals surface area contributed by atoms with Gasteiger partial charge in [-0.2, -0.15) is 0 Å². The molecule has 0 saturated carbocycles. The van der Waals surface area contributed by atoms with Crippen LogP contribution in [0, 0.1) is 0 Å². The number of rotatable bonds is 4. The van der Waals surface area contributed by atoms with E-state index in [1.54, 1.807) is 0 Å². The lowest BCUT2D eigenvalue weighted by atomic mass is 10.5. The van der Waals surface area contributed by atoms with Crippen LogP contribution in [-0.4, -0.2) is 33.4 Å². The van der Waals surface area contributed by atoms with Crippen molar-refractivity contribution in [2.45, 2.75) is 6.54 Å². The predicted molar refractivity (Wildman–Crippen MR) is 53.3 cm³/mol. The second-order valence-corrected chi connectivity index (χ2v) is 3.67. The van der Waals surface area contributed by atoms with Crippen LogP contribution in [0.3, 0.4) is 0 Å². The van der Waals surface area contributed by atoms with Crippen molar-refractivity contribution in [2.75, 3.05) is 18.9 Å². The van der Waals surface area contributed by atoms with E-state index >= 15 is 0 Å². The lowest BCUT2D eigenvalue weighted by Gasteiger charge is -2.13. The lowest BCUT2D eigenvalue weighted by molar-refractivity contribution is 0.336. The van der Waals surface area contributed by atoms with Gasteiger partial charge in [-0.1, -0.05) is 15.9 Å². The molecule has 0 N–H and O–H groups in total. The van der Waals surface area contributed by atoms with Crippen molar-refractivity contribution in [3.8, 4) is 0 Å². The molecule has 12 heavy (non-hydrogen) atoms. The molecule has 0 aliphatic rings. The zero-order chi connectivity index (χ0) is 8.97. The maximum atomic E-state index is 4.24. The van der Waals surface area contributed by atoms with Crippen LogP contribution in [0.1, 0.15) is 5.82 Å². The van der Waals surface area contributed by atoms with Gasteiger partial charge in [-0.25, -0.2) is 4.98 Å². The summed E-state index contributed by atoms with van der Waals surface area (Å²) in [6.07, 6.45) is 3.80. The van der Waals surface area contributed by atoms with Gasteiger partial charge in [0.25, 0.3) is 0 Å². The Morgan fingerprint density at radius 1 is 1.67 bits per heavy atom. The van der Waals surface area contributed by atoms with E-state index in [2.05, 4.69) is 32.9 Å². The standard InChI is InChI=1S/C8H14BrN3/c1-11(5-3-9)7-8-10-4-6-12(8)2/h4,6H,3,5,7H2,1-2H3. The summed E-state index contributed by atoms with van der Waals surface area (Å²) in [6.45, 7) is 1.96. The maximum Gasteiger partial charge on any atom is 0.122 e. The van der Waals surface area contributed by atoms with E-state index in [1.165, 1.54) is 0 Å². The highest BCUT2D eigenvalue weighted by Crippen LogP contribution is 1.99. The summed E-state index contributed by atoms with van der Waals surface area (Å²) in [6, 6.07) is 0. The topological polar surface area (TPSA) is 21.1 Å². The van der Waals surface area contributed by atoms with Gasteiger partial charge < -0.3 is 4.57 Å². The summed E-state index contributed by atoms with van der Waals surface area (Å²) < 4.78 is 2.05. The molecule has 1 rings (SSSR count). The van der Waals surface area contributed by atoms with Gasteiger partial charge in [0.05, 0.1) is 6.54 Å². The molecular weight excluding hydrogens is 218 g/mol. The SMILES string of the molecule is CN(CCBr)Cc1nccn1C. The molecule has 1 aromatic heterocycles. The molecule has 1 heterocycles. The van der Waals surface area contributed by atoms with Crippen LogP contribution in [0.15, 0.2) is 12.4 Å². The molecule has 0 aliphatic carbocycles. The molecule has 4 heteroatoms. The Kier molecular flexibility index (Phi) is 3.75. The number of imidazole rings is 1. The number of hydrogen-bond donors (Lipinski definition) is 0. The van der Waals surface area contributed by atoms with Crippen LogP contribution in [0.4, 0.5) is 0 Å². The third-order valence-corrected chi connectivity index (χ3v) is 2.15. The zero-order valence-electron chi connectivity index (χ0n) is 7.50.